The standard InChI is InChI=1S/C8H10N2O5S/c9-6-8(11)15-10(16(12,13)14)7-4-2-1-3-5-7/h1-5H,6,9H2,(H,12,13,14). The molecule has 1 aromatic carbocycles. The van der Waals surface area contributed by atoms with Crippen LogP contribution in [0.2, 0.25) is 0 Å². The van der Waals surface area contributed by atoms with Gasteiger partial charge >= 0.3 is 16.3 Å². The van der Waals surface area contributed by atoms with Gasteiger partial charge in [0, 0.05) is 0 Å². The van der Waals surface area contributed by atoms with E-state index in [-0.39, 0.29) is 10.2 Å². The molecule has 0 saturated carbocycles. The van der Waals surface area contributed by atoms with E-state index in [1.54, 1.807) is 6.07 Å². The minimum atomic E-state index is -4.69. The molecule has 0 fully saturated rings. The quantitative estimate of drug-likeness (QED) is 0.558. The summed E-state index contributed by atoms with van der Waals surface area (Å²) in [5, 5.41) is 0. The topological polar surface area (TPSA) is 110 Å². The van der Waals surface area contributed by atoms with Crippen LogP contribution in [0.15, 0.2) is 30.3 Å². The highest BCUT2D eigenvalue weighted by Gasteiger charge is 2.23. The first-order chi connectivity index (χ1) is 7.45. The summed E-state index contributed by atoms with van der Waals surface area (Å²) in [4.78, 5) is 15.3. The fourth-order valence-corrected chi connectivity index (χ4v) is 1.48. The van der Waals surface area contributed by atoms with Crippen LogP contribution in [0.5, 0.6) is 0 Å². The van der Waals surface area contributed by atoms with Crippen LogP contribution in [0, 0.1) is 0 Å². The Balaban J connectivity index is 3.03. The second-order valence-electron chi connectivity index (χ2n) is 2.71. The minimum Gasteiger partial charge on any atom is -0.323 e. The average molecular weight is 246 g/mol. The molecule has 0 unspecified atom stereocenters. The number of carbonyl (C=O) groups excluding carboxylic acids is 1. The highest BCUT2D eigenvalue weighted by Crippen LogP contribution is 2.16. The second kappa shape index (κ2) is 4.92. The van der Waals surface area contributed by atoms with E-state index in [1.807, 2.05) is 0 Å². The number of rotatable bonds is 4. The van der Waals surface area contributed by atoms with Crippen LogP contribution < -0.4 is 10.2 Å². The number of hydrogen-bond donors (Lipinski definition) is 2. The Kier molecular flexibility index (Phi) is 3.82. The zero-order valence-corrected chi connectivity index (χ0v) is 8.92. The molecule has 1 rings (SSSR count). The summed E-state index contributed by atoms with van der Waals surface area (Å²) in [5.74, 6) is -0.985. The maximum Gasteiger partial charge on any atom is 0.391 e. The van der Waals surface area contributed by atoms with Gasteiger partial charge in [-0.15, -0.1) is 0 Å². The smallest absolute Gasteiger partial charge is 0.323 e. The summed E-state index contributed by atoms with van der Waals surface area (Å²) in [6, 6.07) is 7.36. The summed E-state index contributed by atoms with van der Waals surface area (Å²) < 4.78 is 30.8. The number of anilines is 1. The van der Waals surface area contributed by atoms with Gasteiger partial charge in [0.25, 0.3) is 0 Å². The lowest BCUT2D eigenvalue weighted by Crippen LogP contribution is -2.35. The van der Waals surface area contributed by atoms with E-state index >= 15 is 0 Å². The lowest BCUT2D eigenvalue weighted by Gasteiger charge is -2.18. The summed E-state index contributed by atoms with van der Waals surface area (Å²) >= 11 is 0. The number of nitrogens with two attached hydrogens (primary N) is 1. The van der Waals surface area contributed by atoms with Crippen LogP contribution in [-0.2, 0) is 19.9 Å². The van der Waals surface area contributed by atoms with Gasteiger partial charge in [0.2, 0.25) is 0 Å². The first-order valence-corrected chi connectivity index (χ1v) is 5.58. The zero-order valence-electron chi connectivity index (χ0n) is 8.11. The van der Waals surface area contributed by atoms with Crippen molar-refractivity contribution in [2.24, 2.45) is 5.73 Å². The summed E-state index contributed by atoms with van der Waals surface area (Å²) in [7, 11) is -4.69. The average Bonchev–Trinajstić information content (AvgIpc) is 2.25. The lowest BCUT2D eigenvalue weighted by atomic mass is 10.3. The van der Waals surface area contributed by atoms with Gasteiger partial charge in [-0.3, -0.25) is 4.55 Å². The highest BCUT2D eigenvalue weighted by atomic mass is 32.2. The van der Waals surface area contributed by atoms with Crippen molar-refractivity contribution in [3.8, 4) is 0 Å². The van der Waals surface area contributed by atoms with E-state index in [0.29, 0.717) is 0 Å². The Morgan fingerprint density at radius 2 is 1.94 bits per heavy atom. The van der Waals surface area contributed by atoms with Gasteiger partial charge in [-0.05, 0) is 12.1 Å². The van der Waals surface area contributed by atoms with Crippen molar-refractivity contribution in [1.82, 2.24) is 0 Å². The normalized spacial score (nSPS) is 10.9. The maximum absolute atomic E-state index is 10.9. The molecule has 0 atom stereocenters. The van der Waals surface area contributed by atoms with Gasteiger partial charge in [0.05, 0.1) is 12.2 Å². The Morgan fingerprint density at radius 1 is 1.38 bits per heavy atom. The third-order valence-electron chi connectivity index (χ3n) is 1.53. The van der Waals surface area contributed by atoms with Gasteiger partial charge in [-0.1, -0.05) is 22.7 Å². The van der Waals surface area contributed by atoms with Crippen molar-refractivity contribution in [3.63, 3.8) is 0 Å². The van der Waals surface area contributed by atoms with Crippen molar-refractivity contribution in [3.05, 3.63) is 30.3 Å². The molecule has 16 heavy (non-hydrogen) atoms. The fraction of sp³-hybridized carbons (Fsp3) is 0.125. The van der Waals surface area contributed by atoms with Crippen molar-refractivity contribution >= 4 is 22.0 Å². The first-order valence-electron chi connectivity index (χ1n) is 4.19. The molecule has 8 heteroatoms. The second-order valence-corrected chi connectivity index (χ2v) is 3.94. The molecule has 1 aromatic rings. The number of benzene rings is 1. The van der Waals surface area contributed by atoms with Crippen molar-refractivity contribution in [2.45, 2.75) is 0 Å². The largest absolute Gasteiger partial charge is 0.391 e. The van der Waals surface area contributed by atoms with Crippen LogP contribution >= 0.6 is 0 Å². The molecular formula is C8H10N2O5S. The molecule has 0 heterocycles. The molecule has 0 radical (unpaired) electrons. The lowest BCUT2D eigenvalue weighted by molar-refractivity contribution is -0.141. The van der Waals surface area contributed by atoms with Crippen LogP contribution in [0.3, 0.4) is 0 Å². The van der Waals surface area contributed by atoms with E-state index in [0.717, 1.165) is 0 Å². The SMILES string of the molecule is NCC(=O)ON(c1ccccc1)S(=O)(=O)O. The summed E-state index contributed by atoms with van der Waals surface area (Å²) in [6.45, 7) is -0.501. The van der Waals surface area contributed by atoms with Gasteiger partial charge in [-0.2, -0.15) is 8.42 Å². The molecule has 0 aliphatic carbocycles. The number of para-hydroxylation sites is 1. The molecule has 7 nitrogen and oxygen atoms in total. The molecular weight excluding hydrogens is 236 g/mol. The molecule has 0 aromatic heterocycles. The molecule has 0 saturated heterocycles. The number of nitrogens with zero attached hydrogens (tertiary/aromatic N) is 1. The Morgan fingerprint density at radius 3 is 2.38 bits per heavy atom. The Labute approximate surface area is 92.3 Å². The van der Waals surface area contributed by atoms with Gasteiger partial charge in [-0.25, -0.2) is 4.79 Å². The molecule has 0 aliphatic rings. The van der Waals surface area contributed by atoms with Gasteiger partial charge < -0.3 is 10.6 Å². The minimum absolute atomic E-state index is 0.00759. The Hall–Kier alpha value is -1.64. The molecule has 0 amide bonds. The molecule has 3 N–H and O–H groups in total. The van der Waals surface area contributed by atoms with Crippen LogP contribution in [0.25, 0.3) is 0 Å². The van der Waals surface area contributed by atoms with E-state index in [4.69, 9.17) is 10.3 Å². The van der Waals surface area contributed by atoms with Crippen LogP contribution in [0.1, 0.15) is 0 Å². The van der Waals surface area contributed by atoms with Crippen molar-refractivity contribution < 1.29 is 22.6 Å². The molecule has 0 bridgehead atoms. The molecule has 88 valence electrons. The van der Waals surface area contributed by atoms with Gasteiger partial charge in [0.15, 0.2) is 0 Å². The number of hydrogen-bond acceptors (Lipinski definition) is 5. The summed E-state index contributed by atoms with van der Waals surface area (Å²) in [6.07, 6.45) is 0. The highest BCUT2D eigenvalue weighted by molar-refractivity contribution is 7.87. The third kappa shape index (κ3) is 3.19. The molecule has 0 aliphatic heterocycles. The van der Waals surface area contributed by atoms with Gasteiger partial charge in [0.1, 0.15) is 0 Å². The maximum atomic E-state index is 10.9. The van der Waals surface area contributed by atoms with E-state index in [1.165, 1.54) is 24.3 Å². The third-order valence-corrected chi connectivity index (χ3v) is 2.23. The predicted molar refractivity (Wildman–Crippen MR) is 55.6 cm³/mol. The van der Waals surface area contributed by atoms with Crippen LogP contribution in [-0.4, -0.2) is 25.5 Å². The van der Waals surface area contributed by atoms with Crippen molar-refractivity contribution in [2.75, 3.05) is 11.0 Å². The van der Waals surface area contributed by atoms with E-state index in [9.17, 15) is 13.2 Å². The van der Waals surface area contributed by atoms with Crippen molar-refractivity contribution in [1.29, 1.82) is 0 Å². The van der Waals surface area contributed by atoms with Crippen LogP contribution in [0.4, 0.5) is 5.69 Å². The number of carbonyl (C=O) groups is 1. The first kappa shape index (κ1) is 12.4. The predicted octanol–water partition coefficient (Wildman–Crippen LogP) is -0.287. The Bertz CT molecular complexity index is 459. The zero-order chi connectivity index (χ0) is 12.2. The monoisotopic (exact) mass is 246 g/mol. The van der Waals surface area contributed by atoms with E-state index < -0.39 is 22.8 Å². The van der Waals surface area contributed by atoms with E-state index in [2.05, 4.69) is 4.84 Å². The fourth-order valence-electron chi connectivity index (χ4n) is 0.912. The summed E-state index contributed by atoms with van der Waals surface area (Å²) in [5.41, 5.74) is 4.96. The molecule has 0 spiro atoms.